The molecule has 0 saturated heterocycles. The van der Waals surface area contributed by atoms with E-state index in [0.29, 0.717) is 12.6 Å². The van der Waals surface area contributed by atoms with E-state index in [4.69, 9.17) is 0 Å². The molecule has 2 aromatic heterocycles. The van der Waals surface area contributed by atoms with Crippen molar-refractivity contribution in [1.82, 2.24) is 29.9 Å². The van der Waals surface area contributed by atoms with Gasteiger partial charge in [-0.25, -0.2) is 9.67 Å². The van der Waals surface area contributed by atoms with Gasteiger partial charge in [0.1, 0.15) is 12.2 Å². The summed E-state index contributed by atoms with van der Waals surface area (Å²) in [5, 5.41) is 12.3. The topological polar surface area (TPSA) is 60.6 Å². The molecule has 0 aliphatic rings. The van der Waals surface area contributed by atoms with Gasteiger partial charge in [0, 0.05) is 6.20 Å². The van der Waals surface area contributed by atoms with Crippen LogP contribution in [0.4, 0.5) is 0 Å². The normalized spacial score (nSPS) is 11.4. The lowest BCUT2D eigenvalue weighted by atomic mass is 10.2. The predicted octanol–water partition coefficient (Wildman–Crippen LogP) is 2.38. The summed E-state index contributed by atoms with van der Waals surface area (Å²) < 4.78 is 3.99. The summed E-state index contributed by atoms with van der Waals surface area (Å²) in [4.78, 5) is 4.31. The zero-order chi connectivity index (χ0) is 15.1. The van der Waals surface area contributed by atoms with Crippen molar-refractivity contribution in [3.63, 3.8) is 0 Å². The lowest BCUT2D eigenvalue weighted by Gasteiger charge is -2.12. The Hall–Kier alpha value is -1.69. The molecule has 1 N–H and O–H groups in total. The Kier molecular flexibility index (Phi) is 5.92. The fraction of sp³-hybridized carbons (Fsp3) is 0.667. The lowest BCUT2D eigenvalue weighted by Crippen LogP contribution is -2.19. The average Bonchev–Trinajstić information content (AvgIpc) is 3.12. The van der Waals surface area contributed by atoms with Crippen LogP contribution < -0.4 is 5.32 Å². The zero-order valence-corrected chi connectivity index (χ0v) is 13.3. The number of nitrogens with zero attached hydrogens (tertiary/aromatic N) is 5. The first-order valence-electron chi connectivity index (χ1n) is 7.89. The van der Waals surface area contributed by atoms with Crippen LogP contribution in [0, 0.1) is 0 Å². The van der Waals surface area contributed by atoms with Gasteiger partial charge in [0.05, 0.1) is 24.8 Å². The number of hydrogen-bond donors (Lipinski definition) is 1. The van der Waals surface area contributed by atoms with Gasteiger partial charge in [-0.2, -0.15) is 10.2 Å². The highest BCUT2D eigenvalue weighted by Crippen LogP contribution is 2.14. The summed E-state index contributed by atoms with van der Waals surface area (Å²) in [5.41, 5.74) is 1.03. The van der Waals surface area contributed by atoms with Gasteiger partial charge >= 0.3 is 0 Å². The fourth-order valence-electron chi connectivity index (χ4n) is 2.42. The van der Waals surface area contributed by atoms with E-state index in [1.54, 1.807) is 6.33 Å². The molecule has 2 heterocycles. The summed E-state index contributed by atoms with van der Waals surface area (Å²) in [7, 11) is 0. The molecule has 0 aliphatic heterocycles. The molecular formula is C15H26N6. The second-order valence-corrected chi connectivity index (χ2v) is 5.27. The standard InChI is InChI=1S/C15H26N6/c1-4-8-16-10-15-17-12-18-21(15)11-13-7-9-20(19-13)14(5-2)6-3/h7,9,12,14,16H,4-6,8,10-11H2,1-3H3. The van der Waals surface area contributed by atoms with Crippen molar-refractivity contribution < 1.29 is 0 Å². The van der Waals surface area contributed by atoms with Gasteiger partial charge in [0.2, 0.25) is 0 Å². The third-order valence-electron chi connectivity index (χ3n) is 3.70. The Labute approximate surface area is 126 Å². The van der Waals surface area contributed by atoms with Crippen LogP contribution in [0.2, 0.25) is 0 Å². The second kappa shape index (κ2) is 7.93. The molecule has 2 aromatic rings. The summed E-state index contributed by atoms with van der Waals surface area (Å²) in [6, 6.07) is 2.56. The van der Waals surface area contributed by atoms with Crippen LogP contribution >= 0.6 is 0 Å². The first kappa shape index (κ1) is 15.7. The van der Waals surface area contributed by atoms with Gasteiger partial charge in [-0.15, -0.1) is 0 Å². The van der Waals surface area contributed by atoms with Crippen molar-refractivity contribution in [2.75, 3.05) is 6.54 Å². The van der Waals surface area contributed by atoms with E-state index >= 15 is 0 Å². The van der Waals surface area contributed by atoms with E-state index < -0.39 is 0 Å². The molecule has 0 atom stereocenters. The van der Waals surface area contributed by atoms with Crippen molar-refractivity contribution in [2.24, 2.45) is 0 Å². The van der Waals surface area contributed by atoms with Crippen molar-refractivity contribution in [1.29, 1.82) is 0 Å². The van der Waals surface area contributed by atoms with Crippen molar-refractivity contribution >= 4 is 0 Å². The Morgan fingerprint density at radius 1 is 1.24 bits per heavy atom. The maximum Gasteiger partial charge on any atom is 0.141 e. The van der Waals surface area contributed by atoms with Crippen molar-refractivity contribution in [2.45, 2.75) is 59.2 Å². The molecule has 0 unspecified atom stereocenters. The fourth-order valence-corrected chi connectivity index (χ4v) is 2.42. The SMILES string of the molecule is CCCNCc1ncnn1Cc1ccn(C(CC)CC)n1. The average molecular weight is 290 g/mol. The third kappa shape index (κ3) is 4.14. The molecule has 21 heavy (non-hydrogen) atoms. The molecule has 0 aliphatic carbocycles. The quantitative estimate of drug-likeness (QED) is 0.720. The first-order valence-corrected chi connectivity index (χ1v) is 7.89. The van der Waals surface area contributed by atoms with Crippen LogP contribution in [-0.2, 0) is 13.1 Å². The second-order valence-electron chi connectivity index (χ2n) is 5.27. The molecule has 0 aromatic carbocycles. The van der Waals surface area contributed by atoms with Crippen LogP contribution in [0.25, 0.3) is 0 Å². The van der Waals surface area contributed by atoms with E-state index in [1.165, 1.54) is 0 Å². The molecule has 6 nitrogen and oxygen atoms in total. The van der Waals surface area contributed by atoms with Gasteiger partial charge in [0.25, 0.3) is 0 Å². The predicted molar refractivity (Wildman–Crippen MR) is 83.0 cm³/mol. The highest BCUT2D eigenvalue weighted by Gasteiger charge is 2.10. The maximum atomic E-state index is 4.67. The van der Waals surface area contributed by atoms with E-state index in [1.807, 2.05) is 4.68 Å². The maximum absolute atomic E-state index is 4.67. The number of rotatable bonds is 9. The Bertz CT molecular complexity index is 526. The lowest BCUT2D eigenvalue weighted by molar-refractivity contribution is 0.423. The minimum Gasteiger partial charge on any atom is -0.310 e. The molecule has 6 heteroatoms. The largest absolute Gasteiger partial charge is 0.310 e. The number of nitrogens with one attached hydrogen (secondary N) is 1. The monoisotopic (exact) mass is 290 g/mol. The van der Waals surface area contributed by atoms with Gasteiger partial charge < -0.3 is 5.32 Å². The summed E-state index contributed by atoms with van der Waals surface area (Å²) in [5.74, 6) is 0.959. The van der Waals surface area contributed by atoms with E-state index in [2.05, 4.69) is 58.2 Å². The molecule has 0 radical (unpaired) electrons. The van der Waals surface area contributed by atoms with Crippen LogP contribution in [-0.4, -0.2) is 31.1 Å². The van der Waals surface area contributed by atoms with Crippen molar-refractivity contribution in [3.05, 3.63) is 30.1 Å². The van der Waals surface area contributed by atoms with Gasteiger partial charge in [0.15, 0.2) is 0 Å². The van der Waals surface area contributed by atoms with E-state index in [0.717, 1.165) is 43.9 Å². The van der Waals surface area contributed by atoms with E-state index in [9.17, 15) is 0 Å². The summed E-state index contributed by atoms with van der Waals surface area (Å²) >= 11 is 0. The highest BCUT2D eigenvalue weighted by molar-refractivity contribution is 5.01. The number of hydrogen-bond acceptors (Lipinski definition) is 4. The van der Waals surface area contributed by atoms with Crippen LogP contribution in [0.3, 0.4) is 0 Å². The smallest absolute Gasteiger partial charge is 0.141 e. The zero-order valence-electron chi connectivity index (χ0n) is 13.3. The van der Waals surface area contributed by atoms with Crippen LogP contribution in [0.15, 0.2) is 18.6 Å². The highest BCUT2D eigenvalue weighted by atomic mass is 15.4. The molecule has 0 amide bonds. The van der Waals surface area contributed by atoms with Crippen molar-refractivity contribution in [3.8, 4) is 0 Å². The molecule has 0 spiro atoms. The molecule has 116 valence electrons. The molecule has 2 rings (SSSR count). The molecule has 0 bridgehead atoms. The molecule has 0 fully saturated rings. The first-order chi connectivity index (χ1) is 10.3. The Morgan fingerprint density at radius 3 is 2.76 bits per heavy atom. The van der Waals surface area contributed by atoms with E-state index in [-0.39, 0.29) is 0 Å². The van der Waals surface area contributed by atoms with Gasteiger partial charge in [-0.05, 0) is 31.9 Å². The number of aromatic nitrogens is 5. The Morgan fingerprint density at radius 2 is 2.05 bits per heavy atom. The summed E-state index contributed by atoms with van der Waals surface area (Å²) in [6.07, 6.45) is 7.01. The minimum atomic E-state index is 0.486. The van der Waals surface area contributed by atoms with Gasteiger partial charge in [-0.1, -0.05) is 20.8 Å². The molecular weight excluding hydrogens is 264 g/mol. The van der Waals surface area contributed by atoms with Gasteiger partial charge in [-0.3, -0.25) is 4.68 Å². The minimum absolute atomic E-state index is 0.486. The van der Waals surface area contributed by atoms with Crippen LogP contribution in [0.1, 0.15) is 57.6 Å². The molecule has 0 saturated carbocycles. The summed E-state index contributed by atoms with van der Waals surface area (Å²) in [6.45, 7) is 8.98. The Balaban J connectivity index is 2.00. The van der Waals surface area contributed by atoms with Crippen LogP contribution in [0.5, 0.6) is 0 Å². The third-order valence-corrected chi connectivity index (χ3v) is 3.70.